The first kappa shape index (κ1) is 12.4. The summed E-state index contributed by atoms with van der Waals surface area (Å²) < 4.78 is 5.81. The van der Waals surface area contributed by atoms with Gasteiger partial charge < -0.3 is 20.1 Å². The van der Waals surface area contributed by atoms with Crippen LogP contribution in [0.25, 0.3) is 0 Å². The minimum atomic E-state index is -0.714. The fourth-order valence-electron chi connectivity index (χ4n) is 4.35. The van der Waals surface area contributed by atoms with Gasteiger partial charge in [0.15, 0.2) is 0 Å². The molecule has 1 saturated heterocycles. The van der Waals surface area contributed by atoms with Gasteiger partial charge in [0.1, 0.15) is 0 Å². The van der Waals surface area contributed by atoms with Crippen molar-refractivity contribution < 1.29 is 19.4 Å². The van der Waals surface area contributed by atoms with Gasteiger partial charge in [-0.3, -0.25) is 4.79 Å². The number of hydrogen-bond donors (Lipinski definition) is 2. The Labute approximate surface area is 117 Å². The van der Waals surface area contributed by atoms with E-state index in [1.807, 2.05) is 4.90 Å². The third kappa shape index (κ3) is 1.54. The molecule has 1 spiro atoms. The van der Waals surface area contributed by atoms with Crippen LogP contribution in [-0.2, 0) is 9.53 Å². The number of rotatable bonds is 2. The van der Waals surface area contributed by atoms with Crippen molar-refractivity contribution in [3.63, 3.8) is 0 Å². The van der Waals surface area contributed by atoms with Gasteiger partial charge in [-0.1, -0.05) is 0 Å². The lowest BCUT2D eigenvalue weighted by atomic mass is 9.39. The molecule has 0 unspecified atom stereocenters. The summed E-state index contributed by atoms with van der Waals surface area (Å²) in [5.74, 6) is -0.714. The molecule has 0 aromatic heterocycles. The SMILES string of the molecule is O=C(NC12CC(C(=O)O)(C1)C2)N1CCOC2(CCC2)C1. The maximum atomic E-state index is 12.3. The number of morpholine rings is 1. The number of hydrogen-bond acceptors (Lipinski definition) is 3. The van der Waals surface area contributed by atoms with Crippen molar-refractivity contribution >= 4 is 12.0 Å². The van der Waals surface area contributed by atoms with Crippen molar-refractivity contribution in [2.75, 3.05) is 19.7 Å². The van der Waals surface area contributed by atoms with Crippen LogP contribution < -0.4 is 5.32 Å². The average molecular weight is 280 g/mol. The summed E-state index contributed by atoms with van der Waals surface area (Å²) in [4.78, 5) is 25.3. The van der Waals surface area contributed by atoms with Crippen molar-refractivity contribution in [1.29, 1.82) is 0 Å². The van der Waals surface area contributed by atoms with Crippen LogP contribution in [0, 0.1) is 5.41 Å². The second-order valence-corrected chi connectivity index (χ2v) is 7.13. The minimum absolute atomic E-state index is 0.0433. The average Bonchev–Trinajstić information content (AvgIpc) is 2.29. The Kier molecular flexibility index (Phi) is 2.28. The molecule has 0 aromatic carbocycles. The fraction of sp³-hybridized carbons (Fsp3) is 0.857. The molecule has 2 amide bonds. The van der Waals surface area contributed by atoms with Gasteiger partial charge in [0.25, 0.3) is 0 Å². The lowest BCUT2D eigenvalue weighted by molar-refractivity contribution is -0.197. The zero-order chi connectivity index (χ0) is 14.0. The van der Waals surface area contributed by atoms with Crippen molar-refractivity contribution in [2.24, 2.45) is 5.41 Å². The van der Waals surface area contributed by atoms with E-state index in [1.54, 1.807) is 0 Å². The van der Waals surface area contributed by atoms with E-state index in [9.17, 15) is 9.59 Å². The predicted octanol–water partition coefficient (Wildman–Crippen LogP) is 0.958. The van der Waals surface area contributed by atoms with Crippen molar-refractivity contribution in [1.82, 2.24) is 10.2 Å². The van der Waals surface area contributed by atoms with E-state index in [2.05, 4.69) is 5.32 Å². The van der Waals surface area contributed by atoms with E-state index in [1.165, 1.54) is 6.42 Å². The topological polar surface area (TPSA) is 78.9 Å². The molecule has 20 heavy (non-hydrogen) atoms. The number of nitrogens with one attached hydrogen (secondary N) is 1. The number of nitrogens with zero attached hydrogens (tertiary/aromatic N) is 1. The molecule has 1 aliphatic heterocycles. The highest BCUT2D eigenvalue weighted by Gasteiger charge is 2.72. The normalized spacial score (nSPS) is 40.3. The van der Waals surface area contributed by atoms with Crippen LogP contribution in [0.2, 0.25) is 0 Å². The van der Waals surface area contributed by atoms with Gasteiger partial charge in [-0.15, -0.1) is 0 Å². The Morgan fingerprint density at radius 3 is 2.45 bits per heavy atom. The quantitative estimate of drug-likeness (QED) is 0.789. The molecule has 5 rings (SSSR count). The summed E-state index contributed by atoms with van der Waals surface area (Å²) in [6.45, 7) is 1.92. The maximum absolute atomic E-state index is 12.3. The van der Waals surface area contributed by atoms with E-state index in [0.29, 0.717) is 39.0 Å². The molecule has 5 aliphatic rings. The number of ether oxygens (including phenoxy) is 1. The van der Waals surface area contributed by atoms with E-state index >= 15 is 0 Å². The molecule has 4 aliphatic carbocycles. The van der Waals surface area contributed by atoms with Gasteiger partial charge in [0.2, 0.25) is 0 Å². The molecule has 0 aromatic rings. The van der Waals surface area contributed by atoms with Crippen LogP contribution in [0.1, 0.15) is 38.5 Å². The van der Waals surface area contributed by atoms with Gasteiger partial charge in [-0.05, 0) is 38.5 Å². The molecule has 0 radical (unpaired) electrons. The summed E-state index contributed by atoms with van der Waals surface area (Å²) in [7, 11) is 0. The molecule has 6 heteroatoms. The second kappa shape index (κ2) is 3.67. The highest BCUT2D eigenvalue weighted by molar-refractivity contribution is 5.83. The maximum Gasteiger partial charge on any atom is 0.318 e. The fourth-order valence-corrected chi connectivity index (χ4v) is 4.35. The third-order valence-electron chi connectivity index (χ3n) is 5.66. The molecule has 1 heterocycles. The van der Waals surface area contributed by atoms with Crippen LogP contribution in [-0.4, -0.2) is 52.8 Å². The van der Waals surface area contributed by atoms with Crippen LogP contribution in [0.4, 0.5) is 4.79 Å². The monoisotopic (exact) mass is 280 g/mol. The van der Waals surface area contributed by atoms with E-state index in [-0.39, 0.29) is 17.2 Å². The lowest BCUT2D eigenvalue weighted by Crippen LogP contribution is -2.78. The molecule has 0 atom stereocenters. The number of aliphatic carboxylic acids is 1. The molecule has 2 N–H and O–H groups in total. The van der Waals surface area contributed by atoms with E-state index < -0.39 is 11.4 Å². The number of amides is 2. The van der Waals surface area contributed by atoms with Gasteiger partial charge in [-0.25, -0.2) is 4.79 Å². The predicted molar refractivity (Wildman–Crippen MR) is 69.3 cm³/mol. The Hall–Kier alpha value is -1.30. The smallest absolute Gasteiger partial charge is 0.318 e. The van der Waals surface area contributed by atoms with Crippen molar-refractivity contribution in [3.05, 3.63) is 0 Å². The highest BCUT2D eigenvalue weighted by Crippen LogP contribution is 2.67. The van der Waals surface area contributed by atoms with E-state index in [4.69, 9.17) is 9.84 Å². The van der Waals surface area contributed by atoms with Gasteiger partial charge >= 0.3 is 12.0 Å². The molecular weight excluding hydrogens is 260 g/mol. The number of carbonyl (C=O) groups is 2. The summed E-state index contributed by atoms with van der Waals surface area (Å²) in [5.41, 5.74) is -0.856. The van der Waals surface area contributed by atoms with Crippen LogP contribution in [0.5, 0.6) is 0 Å². The first-order chi connectivity index (χ1) is 9.47. The summed E-state index contributed by atoms with van der Waals surface area (Å²) in [5, 5.41) is 12.2. The van der Waals surface area contributed by atoms with Gasteiger partial charge in [-0.2, -0.15) is 0 Å². The Bertz CT molecular complexity index is 466. The molecule has 5 fully saturated rings. The zero-order valence-corrected chi connectivity index (χ0v) is 11.5. The van der Waals surface area contributed by atoms with Crippen LogP contribution in [0.15, 0.2) is 0 Å². The largest absolute Gasteiger partial charge is 0.481 e. The standard InChI is InChI=1S/C14H20N2O4/c17-10(18)12-6-13(7-12,8-12)15-11(19)16-4-5-20-14(9-16)2-1-3-14/h1-9H2,(H,15,19)(H,17,18). The number of carboxylic acids is 1. The minimum Gasteiger partial charge on any atom is -0.481 e. The highest BCUT2D eigenvalue weighted by atomic mass is 16.5. The lowest BCUT2D eigenvalue weighted by Gasteiger charge is -2.68. The van der Waals surface area contributed by atoms with E-state index in [0.717, 1.165) is 12.8 Å². The number of carbonyl (C=O) groups excluding carboxylic acids is 1. The van der Waals surface area contributed by atoms with Gasteiger partial charge in [0.05, 0.1) is 24.2 Å². The Morgan fingerprint density at radius 1 is 1.20 bits per heavy atom. The number of carboxylic acid groups (broad SMARTS) is 1. The zero-order valence-electron chi connectivity index (χ0n) is 11.5. The third-order valence-corrected chi connectivity index (χ3v) is 5.66. The summed E-state index contributed by atoms with van der Waals surface area (Å²) >= 11 is 0. The molecule has 4 saturated carbocycles. The van der Waals surface area contributed by atoms with Crippen LogP contribution in [0.3, 0.4) is 0 Å². The first-order valence-electron chi connectivity index (χ1n) is 7.41. The Morgan fingerprint density at radius 2 is 1.90 bits per heavy atom. The second-order valence-electron chi connectivity index (χ2n) is 7.13. The molecular formula is C14H20N2O4. The Balaban J connectivity index is 1.34. The summed E-state index contributed by atoms with van der Waals surface area (Å²) in [6.07, 6.45) is 5.05. The van der Waals surface area contributed by atoms with Crippen molar-refractivity contribution in [2.45, 2.75) is 49.7 Å². The summed E-state index contributed by atoms with van der Waals surface area (Å²) in [6, 6.07) is -0.0433. The molecule has 2 bridgehead atoms. The van der Waals surface area contributed by atoms with Crippen LogP contribution >= 0.6 is 0 Å². The van der Waals surface area contributed by atoms with Gasteiger partial charge in [0, 0.05) is 12.1 Å². The molecule has 6 nitrogen and oxygen atoms in total. The molecule has 110 valence electrons. The first-order valence-corrected chi connectivity index (χ1v) is 7.41. The van der Waals surface area contributed by atoms with Crippen molar-refractivity contribution in [3.8, 4) is 0 Å². The number of urea groups is 1.